The second kappa shape index (κ2) is 4.82. The maximum atomic E-state index is 5.42. The van der Waals surface area contributed by atoms with Crippen molar-refractivity contribution < 1.29 is 4.74 Å². The molecule has 0 saturated heterocycles. The van der Waals surface area contributed by atoms with Gasteiger partial charge in [0.1, 0.15) is 0 Å². The Morgan fingerprint density at radius 1 is 1.46 bits per heavy atom. The largest absolute Gasteiger partial charge is 0.475 e. The lowest BCUT2D eigenvalue weighted by Crippen LogP contribution is -2.08. The molecule has 72 valence electrons. The van der Waals surface area contributed by atoms with Crippen molar-refractivity contribution in [1.29, 1.82) is 0 Å². The maximum absolute atomic E-state index is 5.42. The Bertz CT molecular complexity index is 244. The molecular formula is C10H16N2O. The summed E-state index contributed by atoms with van der Waals surface area (Å²) in [6.45, 7) is 4.82. The molecule has 3 heteroatoms. The molecule has 0 saturated carbocycles. The third-order valence-electron chi connectivity index (χ3n) is 1.53. The molecule has 0 aliphatic heterocycles. The number of pyridine rings is 1. The molecule has 0 aliphatic carbocycles. The van der Waals surface area contributed by atoms with Crippen molar-refractivity contribution in [2.45, 2.75) is 26.5 Å². The molecule has 1 heterocycles. The van der Waals surface area contributed by atoms with E-state index in [-0.39, 0.29) is 6.10 Å². The summed E-state index contributed by atoms with van der Waals surface area (Å²) in [7, 11) is 1.92. The van der Waals surface area contributed by atoms with E-state index in [1.807, 2.05) is 39.2 Å². The number of hydrogen-bond donors (Lipinski definition) is 1. The average Bonchev–Trinajstić information content (AvgIpc) is 2.08. The summed E-state index contributed by atoms with van der Waals surface area (Å²) in [6, 6.07) is 3.91. The van der Waals surface area contributed by atoms with Crippen LogP contribution in [-0.4, -0.2) is 18.1 Å². The molecule has 0 atom stereocenters. The van der Waals surface area contributed by atoms with Crippen LogP contribution in [0.1, 0.15) is 19.4 Å². The van der Waals surface area contributed by atoms with Gasteiger partial charge in [-0.2, -0.15) is 0 Å². The van der Waals surface area contributed by atoms with E-state index in [4.69, 9.17) is 4.74 Å². The average molecular weight is 180 g/mol. The second-order valence-corrected chi connectivity index (χ2v) is 3.20. The summed E-state index contributed by atoms with van der Waals surface area (Å²) in [6.07, 6.45) is 2.01. The zero-order valence-corrected chi connectivity index (χ0v) is 8.37. The van der Waals surface area contributed by atoms with E-state index in [0.717, 1.165) is 6.54 Å². The van der Waals surface area contributed by atoms with E-state index in [1.165, 1.54) is 5.56 Å². The number of ether oxygens (including phenoxy) is 1. The standard InChI is InChI=1S/C10H16N2O/c1-8(2)13-10-5-4-9(6-11-3)7-12-10/h4-5,7-8,11H,6H2,1-3H3. The Morgan fingerprint density at radius 2 is 2.23 bits per heavy atom. The highest BCUT2D eigenvalue weighted by Crippen LogP contribution is 2.08. The number of rotatable bonds is 4. The molecule has 1 rings (SSSR count). The molecule has 0 fully saturated rings. The van der Waals surface area contributed by atoms with Crippen LogP contribution in [0.2, 0.25) is 0 Å². The van der Waals surface area contributed by atoms with Gasteiger partial charge in [0.05, 0.1) is 6.10 Å². The van der Waals surface area contributed by atoms with Crippen molar-refractivity contribution in [3.8, 4) is 5.88 Å². The summed E-state index contributed by atoms with van der Waals surface area (Å²) in [5.74, 6) is 0.690. The Balaban J connectivity index is 2.59. The molecule has 13 heavy (non-hydrogen) atoms. The first kappa shape index (κ1) is 9.99. The molecule has 0 aromatic carbocycles. The van der Waals surface area contributed by atoms with Gasteiger partial charge in [0.15, 0.2) is 0 Å². The smallest absolute Gasteiger partial charge is 0.213 e. The predicted molar refractivity (Wildman–Crippen MR) is 52.8 cm³/mol. The molecule has 0 amide bonds. The molecule has 3 nitrogen and oxygen atoms in total. The summed E-state index contributed by atoms with van der Waals surface area (Å²) >= 11 is 0. The van der Waals surface area contributed by atoms with Gasteiger partial charge in [-0.15, -0.1) is 0 Å². The minimum absolute atomic E-state index is 0.183. The van der Waals surface area contributed by atoms with Gasteiger partial charge in [0, 0.05) is 18.8 Å². The Labute approximate surface area is 79.1 Å². The van der Waals surface area contributed by atoms with Crippen molar-refractivity contribution in [3.63, 3.8) is 0 Å². The number of hydrogen-bond acceptors (Lipinski definition) is 3. The number of aromatic nitrogens is 1. The topological polar surface area (TPSA) is 34.1 Å². The van der Waals surface area contributed by atoms with Gasteiger partial charge in [0.2, 0.25) is 5.88 Å². The van der Waals surface area contributed by atoms with Gasteiger partial charge < -0.3 is 10.1 Å². The van der Waals surface area contributed by atoms with E-state index in [1.54, 1.807) is 0 Å². The molecule has 1 aromatic heterocycles. The van der Waals surface area contributed by atoms with Crippen LogP contribution in [0, 0.1) is 0 Å². The summed E-state index contributed by atoms with van der Waals surface area (Å²) in [5.41, 5.74) is 1.17. The summed E-state index contributed by atoms with van der Waals surface area (Å²) < 4.78 is 5.42. The fourth-order valence-corrected chi connectivity index (χ4v) is 1.03. The first-order valence-electron chi connectivity index (χ1n) is 4.48. The first-order chi connectivity index (χ1) is 6.22. The van der Waals surface area contributed by atoms with Gasteiger partial charge in [-0.25, -0.2) is 4.98 Å². The highest BCUT2D eigenvalue weighted by atomic mass is 16.5. The van der Waals surface area contributed by atoms with Crippen LogP contribution in [0.25, 0.3) is 0 Å². The van der Waals surface area contributed by atoms with E-state index < -0.39 is 0 Å². The Hall–Kier alpha value is -1.09. The third kappa shape index (κ3) is 3.42. The fraction of sp³-hybridized carbons (Fsp3) is 0.500. The third-order valence-corrected chi connectivity index (χ3v) is 1.53. The molecule has 0 spiro atoms. The number of nitrogens with one attached hydrogen (secondary N) is 1. The molecule has 1 aromatic rings. The number of nitrogens with zero attached hydrogens (tertiary/aromatic N) is 1. The van der Waals surface area contributed by atoms with Crippen molar-refractivity contribution in [2.24, 2.45) is 0 Å². The van der Waals surface area contributed by atoms with Crippen LogP contribution in [0.5, 0.6) is 5.88 Å². The zero-order chi connectivity index (χ0) is 9.68. The van der Waals surface area contributed by atoms with Crippen molar-refractivity contribution in [2.75, 3.05) is 7.05 Å². The van der Waals surface area contributed by atoms with Crippen LogP contribution >= 0.6 is 0 Å². The molecule has 1 N–H and O–H groups in total. The Kier molecular flexibility index (Phi) is 3.71. The molecule has 0 radical (unpaired) electrons. The lowest BCUT2D eigenvalue weighted by Gasteiger charge is -2.08. The van der Waals surface area contributed by atoms with Crippen LogP contribution < -0.4 is 10.1 Å². The van der Waals surface area contributed by atoms with Crippen molar-refractivity contribution in [1.82, 2.24) is 10.3 Å². The predicted octanol–water partition coefficient (Wildman–Crippen LogP) is 1.59. The summed E-state index contributed by atoms with van der Waals surface area (Å²) in [4.78, 5) is 4.18. The lowest BCUT2D eigenvalue weighted by molar-refractivity contribution is 0.232. The van der Waals surface area contributed by atoms with E-state index in [2.05, 4.69) is 10.3 Å². The van der Waals surface area contributed by atoms with E-state index in [9.17, 15) is 0 Å². The molecular weight excluding hydrogens is 164 g/mol. The van der Waals surface area contributed by atoms with E-state index in [0.29, 0.717) is 5.88 Å². The van der Waals surface area contributed by atoms with Crippen LogP contribution in [0.3, 0.4) is 0 Å². The highest BCUT2D eigenvalue weighted by molar-refractivity contribution is 5.17. The Morgan fingerprint density at radius 3 is 2.69 bits per heavy atom. The van der Waals surface area contributed by atoms with Crippen molar-refractivity contribution in [3.05, 3.63) is 23.9 Å². The van der Waals surface area contributed by atoms with Crippen LogP contribution in [0.15, 0.2) is 18.3 Å². The molecule has 0 bridgehead atoms. The van der Waals surface area contributed by atoms with Gasteiger partial charge in [-0.3, -0.25) is 0 Å². The highest BCUT2D eigenvalue weighted by Gasteiger charge is 1.98. The van der Waals surface area contributed by atoms with Gasteiger partial charge in [0.25, 0.3) is 0 Å². The van der Waals surface area contributed by atoms with Crippen molar-refractivity contribution >= 4 is 0 Å². The van der Waals surface area contributed by atoms with Crippen LogP contribution in [0.4, 0.5) is 0 Å². The second-order valence-electron chi connectivity index (χ2n) is 3.20. The normalized spacial score (nSPS) is 10.5. The van der Waals surface area contributed by atoms with Gasteiger partial charge in [-0.05, 0) is 26.5 Å². The fourth-order valence-electron chi connectivity index (χ4n) is 1.03. The minimum atomic E-state index is 0.183. The molecule has 0 unspecified atom stereocenters. The zero-order valence-electron chi connectivity index (χ0n) is 8.37. The SMILES string of the molecule is CNCc1ccc(OC(C)C)nc1. The van der Waals surface area contributed by atoms with E-state index >= 15 is 0 Å². The molecule has 0 aliphatic rings. The first-order valence-corrected chi connectivity index (χ1v) is 4.48. The van der Waals surface area contributed by atoms with Crippen LogP contribution in [-0.2, 0) is 6.54 Å². The quantitative estimate of drug-likeness (QED) is 0.764. The van der Waals surface area contributed by atoms with Gasteiger partial charge >= 0.3 is 0 Å². The summed E-state index contributed by atoms with van der Waals surface area (Å²) in [5, 5.41) is 3.06. The maximum Gasteiger partial charge on any atom is 0.213 e. The minimum Gasteiger partial charge on any atom is -0.475 e. The monoisotopic (exact) mass is 180 g/mol. The van der Waals surface area contributed by atoms with Gasteiger partial charge in [-0.1, -0.05) is 6.07 Å². The lowest BCUT2D eigenvalue weighted by atomic mass is 10.3.